The molecule has 2 aromatic heterocycles. The highest BCUT2D eigenvalue weighted by Crippen LogP contribution is 2.23. The highest BCUT2D eigenvalue weighted by atomic mass is 32.1. The number of hydrogen-bond acceptors (Lipinski definition) is 6. The Labute approximate surface area is 116 Å². The van der Waals surface area contributed by atoms with Crippen LogP contribution in [0.3, 0.4) is 0 Å². The van der Waals surface area contributed by atoms with Gasteiger partial charge in [0.1, 0.15) is 0 Å². The van der Waals surface area contributed by atoms with Gasteiger partial charge in [-0.25, -0.2) is 15.0 Å². The molecule has 0 amide bonds. The van der Waals surface area contributed by atoms with Crippen LogP contribution in [0.5, 0.6) is 0 Å². The second-order valence-corrected chi connectivity index (χ2v) is 5.52. The Morgan fingerprint density at radius 3 is 3.00 bits per heavy atom. The fourth-order valence-electron chi connectivity index (χ4n) is 2.41. The van der Waals surface area contributed by atoms with E-state index in [4.69, 9.17) is 0 Å². The Hall–Kier alpha value is -1.37. The summed E-state index contributed by atoms with van der Waals surface area (Å²) in [5.74, 6) is 0.680. The highest BCUT2D eigenvalue weighted by molar-refractivity contribution is 7.13. The van der Waals surface area contributed by atoms with Crippen molar-refractivity contribution < 1.29 is 5.11 Å². The average Bonchev–Trinajstić information content (AvgIpc) is 3.09. The average molecular weight is 276 g/mol. The zero-order valence-electron chi connectivity index (χ0n) is 10.6. The first-order chi connectivity index (χ1) is 9.36. The standard InChI is InChI=1S/C13H16N4OS/c18-8-11-3-1-6-17(11)7-10-9-19-13(16-10)12-14-4-2-5-15-12/h2,4-5,9,11,18H,1,3,6-8H2. The van der Waals surface area contributed by atoms with Gasteiger partial charge in [-0.1, -0.05) is 0 Å². The molecule has 1 saturated heterocycles. The molecule has 0 bridgehead atoms. The molecule has 1 unspecified atom stereocenters. The molecule has 0 saturated carbocycles. The predicted octanol–water partition coefficient (Wildman–Crippen LogP) is 1.56. The quantitative estimate of drug-likeness (QED) is 0.918. The summed E-state index contributed by atoms with van der Waals surface area (Å²) in [5, 5.41) is 12.2. The number of aromatic nitrogens is 3. The van der Waals surface area contributed by atoms with Crippen molar-refractivity contribution in [1.82, 2.24) is 19.9 Å². The van der Waals surface area contributed by atoms with Crippen LogP contribution in [0.25, 0.3) is 10.8 Å². The summed E-state index contributed by atoms with van der Waals surface area (Å²) in [5.41, 5.74) is 1.04. The number of aliphatic hydroxyl groups excluding tert-OH is 1. The molecule has 1 N–H and O–H groups in total. The Bertz CT molecular complexity index is 530. The monoisotopic (exact) mass is 276 g/mol. The number of thiazole rings is 1. The lowest BCUT2D eigenvalue weighted by molar-refractivity contribution is 0.152. The maximum Gasteiger partial charge on any atom is 0.188 e. The molecule has 1 aliphatic rings. The van der Waals surface area contributed by atoms with Crippen molar-refractivity contribution in [1.29, 1.82) is 0 Å². The molecular weight excluding hydrogens is 260 g/mol. The largest absolute Gasteiger partial charge is 0.395 e. The van der Waals surface area contributed by atoms with E-state index < -0.39 is 0 Å². The van der Waals surface area contributed by atoms with Crippen molar-refractivity contribution in [2.45, 2.75) is 25.4 Å². The van der Waals surface area contributed by atoms with Crippen molar-refractivity contribution in [3.05, 3.63) is 29.5 Å². The zero-order chi connectivity index (χ0) is 13.1. The minimum Gasteiger partial charge on any atom is -0.395 e. The predicted molar refractivity (Wildman–Crippen MR) is 73.7 cm³/mol. The first-order valence-electron chi connectivity index (χ1n) is 6.43. The fraction of sp³-hybridized carbons (Fsp3) is 0.462. The van der Waals surface area contributed by atoms with Crippen LogP contribution < -0.4 is 0 Å². The van der Waals surface area contributed by atoms with Crippen molar-refractivity contribution in [2.75, 3.05) is 13.2 Å². The minimum atomic E-state index is 0.235. The summed E-state index contributed by atoms with van der Waals surface area (Å²) in [6, 6.07) is 2.09. The molecule has 3 rings (SSSR count). The molecule has 1 atom stereocenters. The van der Waals surface area contributed by atoms with Crippen LogP contribution in [-0.4, -0.2) is 44.2 Å². The Balaban J connectivity index is 1.72. The van der Waals surface area contributed by atoms with E-state index in [0.717, 1.165) is 36.6 Å². The normalized spacial score (nSPS) is 19.9. The second-order valence-electron chi connectivity index (χ2n) is 4.67. The van der Waals surface area contributed by atoms with Gasteiger partial charge in [0.15, 0.2) is 10.8 Å². The maximum absolute atomic E-state index is 9.32. The third-order valence-corrected chi connectivity index (χ3v) is 4.27. The summed E-state index contributed by atoms with van der Waals surface area (Å²) in [6.07, 6.45) is 5.69. The fourth-order valence-corrected chi connectivity index (χ4v) is 3.17. The van der Waals surface area contributed by atoms with Gasteiger partial charge < -0.3 is 5.11 Å². The van der Waals surface area contributed by atoms with Crippen molar-refractivity contribution in [2.24, 2.45) is 0 Å². The lowest BCUT2D eigenvalue weighted by atomic mass is 10.2. The van der Waals surface area contributed by atoms with Crippen LogP contribution in [0.1, 0.15) is 18.5 Å². The van der Waals surface area contributed by atoms with Crippen molar-refractivity contribution in [3.8, 4) is 10.8 Å². The van der Waals surface area contributed by atoms with Gasteiger partial charge in [-0.15, -0.1) is 11.3 Å². The lowest BCUT2D eigenvalue weighted by Crippen LogP contribution is -2.31. The van der Waals surface area contributed by atoms with Gasteiger partial charge in [0.05, 0.1) is 12.3 Å². The summed E-state index contributed by atoms with van der Waals surface area (Å²) in [7, 11) is 0. The van der Waals surface area contributed by atoms with Crippen LogP contribution in [0, 0.1) is 0 Å². The van der Waals surface area contributed by atoms with Crippen LogP contribution in [-0.2, 0) is 6.54 Å². The molecule has 19 heavy (non-hydrogen) atoms. The third-order valence-electron chi connectivity index (χ3n) is 3.38. The molecule has 1 aliphatic heterocycles. The number of aliphatic hydroxyl groups is 1. The summed E-state index contributed by atoms with van der Waals surface area (Å²) in [4.78, 5) is 15.3. The molecule has 5 nitrogen and oxygen atoms in total. The molecule has 1 fully saturated rings. The van der Waals surface area contributed by atoms with Crippen LogP contribution in [0.4, 0.5) is 0 Å². The van der Waals surface area contributed by atoms with E-state index in [1.807, 2.05) is 0 Å². The smallest absolute Gasteiger partial charge is 0.188 e. The SMILES string of the molecule is OCC1CCCN1Cc1csc(-c2ncccn2)n1. The number of nitrogens with zero attached hydrogens (tertiary/aromatic N) is 4. The molecule has 6 heteroatoms. The van der Waals surface area contributed by atoms with Gasteiger partial charge in [0, 0.05) is 30.4 Å². The summed E-state index contributed by atoms with van der Waals surface area (Å²) in [6.45, 7) is 2.08. The van der Waals surface area contributed by atoms with Crippen LogP contribution >= 0.6 is 11.3 Å². The highest BCUT2D eigenvalue weighted by Gasteiger charge is 2.24. The van der Waals surface area contributed by atoms with E-state index in [2.05, 4.69) is 25.2 Å². The van der Waals surface area contributed by atoms with Crippen LogP contribution in [0.15, 0.2) is 23.8 Å². The van der Waals surface area contributed by atoms with Gasteiger partial charge >= 0.3 is 0 Å². The van der Waals surface area contributed by atoms with E-state index in [1.165, 1.54) is 0 Å². The lowest BCUT2D eigenvalue weighted by Gasteiger charge is -2.21. The molecule has 0 radical (unpaired) electrons. The molecule has 0 spiro atoms. The van der Waals surface area contributed by atoms with Gasteiger partial charge in [-0.05, 0) is 25.5 Å². The minimum absolute atomic E-state index is 0.235. The van der Waals surface area contributed by atoms with E-state index in [1.54, 1.807) is 29.8 Å². The molecule has 3 heterocycles. The van der Waals surface area contributed by atoms with E-state index in [0.29, 0.717) is 5.82 Å². The summed E-state index contributed by atoms with van der Waals surface area (Å²) < 4.78 is 0. The van der Waals surface area contributed by atoms with Gasteiger partial charge in [-0.2, -0.15) is 0 Å². The van der Waals surface area contributed by atoms with Gasteiger partial charge in [0.2, 0.25) is 0 Å². The van der Waals surface area contributed by atoms with E-state index in [-0.39, 0.29) is 12.6 Å². The van der Waals surface area contributed by atoms with E-state index in [9.17, 15) is 5.11 Å². The van der Waals surface area contributed by atoms with Gasteiger partial charge in [-0.3, -0.25) is 4.90 Å². The zero-order valence-corrected chi connectivity index (χ0v) is 11.4. The number of hydrogen-bond donors (Lipinski definition) is 1. The number of rotatable bonds is 4. The Kier molecular flexibility index (Phi) is 3.82. The Morgan fingerprint density at radius 1 is 1.37 bits per heavy atom. The van der Waals surface area contributed by atoms with Crippen LogP contribution in [0.2, 0.25) is 0 Å². The Morgan fingerprint density at radius 2 is 2.21 bits per heavy atom. The third kappa shape index (κ3) is 2.80. The molecule has 2 aromatic rings. The van der Waals surface area contributed by atoms with Gasteiger partial charge in [0.25, 0.3) is 0 Å². The molecule has 0 aromatic carbocycles. The second kappa shape index (κ2) is 5.73. The van der Waals surface area contributed by atoms with Crippen molar-refractivity contribution >= 4 is 11.3 Å². The van der Waals surface area contributed by atoms with Crippen molar-refractivity contribution in [3.63, 3.8) is 0 Å². The topological polar surface area (TPSA) is 62.1 Å². The molecular formula is C13H16N4OS. The summed E-state index contributed by atoms with van der Waals surface area (Å²) >= 11 is 1.57. The maximum atomic E-state index is 9.32. The molecule has 100 valence electrons. The first-order valence-corrected chi connectivity index (χ1v) is 7.31. The first kappa shape index (κ1) is 12.7. The van der Waals surface area contributed by atoms with E-state index >= 15 is 0 Å². The molecule has 0 aliphatic carbocycles. The number of likely N-dealkylation sites (tertiary alicyclic amines) is 1.